The van der Waals surface area contributed by atoms with Gasteiger partial charge in [-0.25, -0.2) is 0 Å². The number of rotatable bonds is 8. The summed E-state index contributed by atoms with van der Waals surface area (Å²) in [7, 11) is 1.30. The predicted octanol–water partition coefficient (Wildman–Crippen LogP) is 1.82. The molecule has 0 aliphatic rings. The van der Waals surface area contributed by atoms with Gasteiger partial charge in [0.2, 0.25) is 5.91 Å². The molecule has 0 aliphatic heterocycles. The van der Waals surface area contributed by atoms with Gasteiger partial charge in [-0.05, 0) is 17.7 Å². The fourth-order valence-corrected chi connectivity index (χ4v) is 2.24. The van der Waals surface area contributed by atoms with Gasteiger partial charge in [-0.1, -0.05) is 30.3 Å². The van der Waals surface area contributed by atoms with Crippen molar-refractivity contribution >= 4 is 17.8 Å². The first-order chi connectivity index (χ1) is 12.1. The van der Waals surface area contributed by atoms with Crippen LogP contribution in [0.5, 0.6) is 0 Å². The molecular formula is C18H20N2O5. The lowest BCUT2D eigenvalue weighted by Gasteiger charge is -2.18. The molecule has 2 aromatic rings. The normalized spacial score (nSPS) is 11.4. The van der Waals surface area contributed by atoms with E-state index in [0.717, 1.165) is 5.56 Å². The molecule has 0 bridgehead atoms. The first kappa shape index (κ1) is 18.3. The molecular weight excluding hydrogens is 324 g/mol. The first-order valence-electron chi connectivity index (χ1n) is 7.83. The van der Waals surface area contributed by atoms with Crippen molar-refractivity contribution in [1.82, 2.24) is 10.6 Å². The van der Waals surface area contributed by atoms with Crippen LogP contribution in [0.4, 0.5) is 0 Å². The number of methoxy groups -OCH3 is 1. The Morgan fingerprint density at radius 2 is 1.88 bits per heavy atom. The standard InChI is InChI=1S/C18H20N2O5/c1-24-17(22)12-14(13-6-3-2-4-7-13)20-16(21)9-10-19-18(23)15-8-5-11-25-15/h2-8,11,14H,9-10,12H2,1H3,(H,19,23)(H,20,21). The molecule has 1 aromatic heterocycles. The van der Waals surface area contributed by atoms with Crippen LogP contribution in [0.1, 0.15) is 35.0 Å². The number of nitrogens with one attached hydrogen (secondary N) is 2. The van der Waals surface area contributed by atoms with Crippen LogP contribution >= 0.6 is 0 Å². The first-order valence-corrected chi connectivity index (χ1v) is 7.83. The van der Waals surface area contributed by atoms with E-state index >= 15 is 0 Å². The monoisotopic (exact) mass is 344 g/mol. The van der Waals surface area contributed by atoms with Crippen molar-refractivity contribution in [3.63, 3.8) is 0 Å². The lowest BCUT2D eigenvalue weighted by Crippen LogP contribution is -2.33. The number of amides is 2. The van der Waals surface area contributed by atoms with Crippen molar-refractivity contribution < 1.29 is 23.5 Å². The minimum atomic E-state index is -0.484. The molecule has 7 nitrogen and oxygen atoms in total. The van der Waals surface area contributed by atoms with Crippen LogP contribution in [0, 0.1) is 0 Å². The van der Waals surface area contributed by atoms with Gasteiger partial charge in [0.15, 0.2) is 5.76 Å². The summed E-state index contributed by atoms with van der Waals surface area (Å²) in [5.74, 6) is -0.891. The predicted molar refractivity (Wildman–Crippen MR) is 89.6 cm³/mol. The molecule has 0 radical (unpaired) electrons. The summed E-state index contributed by atoms with van der Waals surface area (Å²) in [4.78, 5) is 35.4. The Morgan fingerprint density at radius 3 is 2.52 bits per heavy atom. The zero-order chi connectivity index (χ0) is 18.1. The van der Waals surface area contributed by atoms with Gasteiger partial charge in [0.05, 0.1) is 25.8 Å². The van der Waals surface area contributed by atoms with Crippen molar-refractivity contribution in [2.45, 2.75) is 18.9 Å². The minimum Gasteiger partial charge on any atom is -0.469 e. The highest BCUT2D eigenvalue weighted by molar-refractivity contribution is 5.91. The highest BCUT2D eigenvalue weighted by Crippen LogP contribution is 2.17. The number of carbonyl (C=O) groups excluding carboxylic acids is 3. The second-order valence-electron chi connectivity index (χ2n) is 5.29. The van der Waals surface area contributed by atoms with Gasteiger partial charge >= 0.3 is 5.97 Å². The Morgan fingerprint density at radius 1 is 1.12 bits per heavy atom. The second kappa shape index (κ2) is 9.27. The third-order valence-electron chi connectivity index (χ3n) is 3.52. The lowest BCUT2D eigenvalue weighted by atomic mass is 10.0. The molecule has 2 amide bonds. The molecule has 7 heteroatoms. The Hall–Kier alpha value is -3.09. The Kier molecular flexibility index (Phi) is 6.76. The number of furan rings is 1. The van der Waals surface area contributed by atoms with Crippen LogP contribution < -0.4 is 10.6 Å². The van der Waals surface area contributed by atoms with E-state index in [0.29, 0.717) is 0 Å². The third-order valence-corrected chi connectivity index (χ3v) is 3.52. The third kappa shape index (κ3) is 5.80. The molecule has 1 unspecified atom stereocenters. The topological polar surface area (TPSA) is 97.6 Å². The molecule has 1 heterocycles. The van der Waals surface area contributed by atoms with Gasteiger partial charge < -0.3 is 19.8 Å². The quantitative estimate of drug-likeness (QED) is 0.712. The van der Waals surface area contributed by atoms with Crippen LogP contribution in [-0.4, -0.2) is 31.4 Å². The summed E-state index contributed by atoms with van der Waals surface area (Å²) < 4.78 is 9.65. The molecule has 25 heavy (non-hydrogen) atoms. The Bertz CT molecular complexity index is 698. The second-order valence-corrected chi connectivity index (χ2v) is 5.29. The lowest BCUT2D eigenvalue weighted by molar-refractivity contribution is -0.141. The molecule has 1 aromatic carbocycles. The van der Waals surface area contributed by atoms with E-state index < -0.39 is 12.0 Å². The number of esters is 1. The van der Waals surface area contributed by atoms with Crippen molar-refractivity contribution in [2.75, 3.05) is 13.7 Å². The number of hydrogen-bond donors (Lipinski definition) is 2. The largest absolute Gasteiger partial charge is 0.469 e. The van der Waals surface area contributed by atoms with Crippen LogP contribution in [0.3, 0.4) is 0 Å². The summed E-state index contributed by atoms with van der Waals surface area (Å²) in [6.45, 7) is 0.158. The maximum absolute atomic E-state index is 12.1. The maximum Gasteiger partial charge on any atom is 0.307 e. The van der Waals surface area contributed by atoms with Gasteiger partial charge in [-0.3, -0.25) is 14.4 Å². The zero-order valence-electron chi connectivity index (χ0n) is 13.9. The smallest absolute Gasteiger partial charge is 0.307 e. The average molecular weight is 344 g/mol. The van der Waals surface area contributed by atoms with E-state index in [1.54, 1.807) is 6.07 Å². The average Bonchev–Trinajstić information content (AvgIpc) is 3.16. The molecule has 0 saturated carbocycles. The van der Waals surface area contributed by atoms with Crippen molar-refractivity contribution in [3.05, 3.63) is 60.1 Å². The van der Waals surface area contributed by atoms with E-state index in [1.807, 2.05) is 30.3 Å². The molecule has 0 spiro atoms. The number of ether oxygens (including phenoxy) is 1. The molecule has 2 rings (SSSR count). The van der Waals surface area contributed by atoms with Crippen molar-refractivity contribution in [1.29, 1.82) is 0 Å². The molecule has 0 aliphatic carbocycles. The number of benzene rings is 1. The summed E-state index contributed by atoms with van der Waals surface area (Å²) in [6.07, 6.45) is 1.51. The van der Waals surface area contributed by atoms with Crippen LogP contribution in [0.2, 0.25) is 0 Å². The van der Waals surface area contributed by atoms with Gasteiger partial charge in [0.25, 0.3) is 5.91 Å². The Balaban J connectivity index is 1.86. The van der Waals surface area contributed by atoms with E-state index in [1.165, 1.54) is 19.4 Å². The molecule has 0 saturated heterocycles. The molecule has 0 fully saturated rings. The SMILES string of the molecule is COC(=O)CC(NC(=O)CCNC(=O)c1ccco1)c1ccccc1. The number of carbonyl (C=O) groups is 3. The molecule has 132 valence electrons. The van der Waals surface area contributed by atoms with E-state index in [9.17, 15) is 14.4 Å². The van der Waals surface area contributed by atoms with Crippen LogP contribution in [0.15, 0.2) is 53.1 Å². The summed E-state index contributed by atoms with van der Waals surface area (Å²) >= 11 is 0. The van der Waals surface area contributed by atoms with Crippen molar-refractivity contribution in [3.8, 4) is 0 Å². The zero-order valence-corrected chi connectivity index (χ0v) is 13.9. The maximum atomic E-state index is 12.1. The van der Waals surface area contributed by atoms with Gasteiger partial charge in [0.1, 0.15) is 0 Å². The molecule has 1 atom stereocenters. The Labute approximate surface area is 145 Å². The van der Waals surface area contributed by atoms with Crippen LogP contribution in [-0.2, 0) is 14.3 Å². The summed E-state index contributed by atoms with van der Waals surface area (Å²) in [5.41, 5.74) is 0.806. The molecule has 2 N–H and O–H groups in total. The van der Waals surface area contributed by atoms with Crippen LogP contribution in [0.25, 0.3) is 0 Å². The van der Waals surface area contributed by atoms with E-state index in [2.05, 4.69) is 15.4 Å². The fourth-order valence-electron chi connectivity index (χ4n) is 2.24. The van der Waals surface area contributed by atoms with Crippen molar-refractivity contribution in [2.24, 2.45) is 0 Å². The summed E-state index contributed by atoms with van der Waals surface area (Å²) in [6, 6.07) is 11.8. The van der Waals surface area contributed by atoms with Gasteiger partial charge in [0, 0.05) is 13.0 Å². The highest BCUT2D eigenvalue weighted by Gasteiger charge is 2.19. The fraction of sp³-hybridized carbons (Fsp3) is 0.278. The highest BCUT2D eigenvalue weighted by atomic mass is 16.5. The van der Waals surface area contributed by atoms with E-state index in [4.69, 9.17) is 4.42 Å². The van der Waals surface area contributed by atoms with Gasteiger partial charge in [-0.2, -0.15) is 0 Å². The van der Waals surface area contributed by atoms with Gasteiger partial charge in [-0.15, -0.1) is 0 Å². The van der Waals surface area contributed by atoms with E-state index in [-0.39, 0.29) is 37.0 Å². The summed E-state index contributed by atoms with van der Waals surface area (Å²) in [5, 5.41) is 5.39. The number of hydrogen-bond acceptors (Lipinski definition) is 5. The minimum absolute atomic E-state index is 0.0327.